The zero-order valence-electron chi connectivity index (χ0n) is 18.5. The van der Waals surface area contributed by atoms with Crippen molar-refractivity contribution in [1.29, 1.82) is 0 Å². The van der Waals surface area contributed by atoms with Crippen LogP contribution in [0.4, 0.5) is 0 Å². The molecule has 10 heteroatoms. The van der Waals surface area contributed by atoms with Crippen molar-refractivity contribution in [3.63, 3.8) is 0 Å². The van der Waals surface area contributed by atoms with Gasteiger partial charge in [0.15, 0.2) is 23.0 Å². The topological polar surface area (TPSA) is 107 Å². The summed E-state index contributed by atoms with van der Waals surface area (Å²) in [5.74, 6) is 2.03. The second-order valence-corrected chi connectivity index (χ2v) is 8.01. The predicted octanol–water partition coefficient (Wildman–Crippen LogP) is 3.64. The first-order chi connectivity index (χ1) is 16.0. The van der Waals surface area contributed by atoms with Gasteiger partial charge in [-0.2, -0.15) is 5.10 Å². The average molecular weight is 520 g/mol. The van der Waals surface area contributed by atoms with Crippen LogP contribution < -0.4 is 29.7 Å². The minimum atomic E-state index is -0.183. The molecule has 2 aromatic rings. The summed E-state index contributed by atoms with van der Waals surface area (Å²) in [5.41, 5.74) is 3.79. The van der Waals surface area contributed by atoms with E-state index in [4.69, 9.17) is 18.9 Å². The molecule has 0 saturated heterocycles. The first-order valence-corrected chi connectivity index (χ1v) is 11.2. The van der Waals surface area contributed by atoms with E-state index in [1.807, 2.05) is 0 Å². The van der Waals surface area contributed by atoms with Crippen LogP contribution in [0, 0.1) is 0 Å². The fourth-order valence-corrected chi connectivity index (χ4v) is 3.56. The molecule has 176 valence electrons. The SMILES string of the molecule is COc1ccc(C(=O)NCCCCCC(=O)N/N=C/c2cc3c(cc2Br)OCO3)cc1OC. The molecule has 9 nitrogen and oxygen atoms in total. The van der Waals surface area contributed by atoms with Gasteiger partial charge in [-0.15, -0.1) is 0 Å². The molecule has 2 N–H and O–H groups in total. The molecule has 2 amide bonds. The number of hydrogen-bond donors (Lipinski definition) is 2. The Morgan fingerprint density at radius 3 is 2.58 bits per heavy atom. The highest BCUT2D eigenvalue weighted by Crippen LogP contribution is 2.36. The van der Waals surface area contributed by atoms with Crippen LogP contribution in [0.2, 0.25) is 0 Å². The summed E-state index contributed by atoms with van der Waals surface area (Å²) in [6, 6.07) is 8.61. The van der Waals surface area contributed by atoms with Gasteiger partial charge in [0.05, 0.1) is 20.4 Å². The summed E-state index contributed by atoms with van der Waals surface area (Å²) >= 11 is 3.44. The van der Waals surface area contributed by atoms with E-state index in [0.29, 0.717) is 47.9 Å². The number of rotatable bonds is 11. The average Bonchev–Trinajstić information content (AvgIpc) is 3.27. The quantitative estimate of drug-likeness (QED) is 0.266. The van der Waals surface area contributed by atoms with Crippen LogP contribution in [-0.4, -0.2) is 45.6 Å². The van der Waals surface area contributed by atoms with Crippen LogP contribution in [0.25, 0.3) is 0 Å². The third-order valence-electron chi connectivity index (χ3n) is 4.90. The standard InChI is InChI=1S/C23H26BrN3O6/c1-30-18-8-7-15(10-19(18)31-2)23(29)25-9-5-3-4-6-22(28)27-26-13-16-11-20-21(12-17(16)24)33-14-32-20/h7-8,10-13H,3-6,9,14H2,1-2H3,(H,25,29)(H,27,28)/b26-13+. The molecule has 2 aromatic carbocycles. The molecule has 0 aliphatic carbocycles. The number of nitrogens with zero attached hydrogens (tertiary/aromatic N) is 1. The van der Waals surface area contributed by atoms with Gasteiger partial charge < -0.3 is 24.3 Å². The molecule has 0 radical (unpaired) electrons. The lowest BCUT2D eigenvalue weighted by molar-refractivity contribution is -0.121. The first kappa shape index (κ1) is 24.4. The number of methoxy groups -OCH3 is 2. The molecule has 0 bridgehead atoms. The van der Waals surface area contributed by atoms with Crippen molar-refractivity contribution in [2.45, 2.75) is 25.7 Å². The van der Waals surface area contributed by atoms with E-state index in [2.05, 4.69) is 31.8 Å². The minimum absolute atomic E-state index is 0.169. The summed E-state index contributed by atoms with van der Waals surface area (Å²) in [4.78, 5) is 24.2. The number of benzene rings is 2. The van der Waals surface area contributed by atoms with Crippen molar-refractivity contribution in [3.8, 4) is 23.0 Å². The minimum Gasteiger partial charge on any atom is -0.493 e. The molecule has 0 atom stereocenters. The number of hydrazone groups is 1. The van der Waals surface area contributed by atoms with Gasteiger partial charge in [-0.25, -0.2) is 5.43 Å². The largest absolute Gasteiger partial charge is 0.493 e. The Morgan fingerprint density at radius 1 is 1.06 bits per heavy atom. The maximum Gasteiger partial charge on any atom is 0.251 e. The lowest BCUT2D eigenvalue weighted by Crippen LogP contribution is -2.24. The summed E-state index contributed by atoms with van der Waals surface area (Å²) in [7, 11) is 3.07. The normalized spacial score (nSPS) is 12.0. The smallest absolute Gasteiger partial charge is 0.251 e. The fraction of sp³-hybridized carbons (Fsp3) is 0.348. The number of carbonyl (C=O) groups excluding carboxylic acids is 2. The van der Waals surface area contributed by atoms with E-state index in [1.54, 1.807) is 43.7 Å². The Hall–Kier alpha value is -3.27. The maximum absolute atomic E-state index is 12.3. The Balaban J connectivity index is 1.31. The van der Waals surface area contributed by atoms with E-state index in [1.165, 1.54) is 7.11 Å². The van der Waals surface area contributed by atoms with Gasteiger partial charge in [0.1, 0.15) is 0 Å². The second kappa shape index (κ2) is 12.1. The number of amides is 2. The zero-order chi connectivity index (χ0) is 23.6. The van der Waals surface area contributed by atoms with Crippen LogP contribution in [-0.2, 0) is 4.79 Å². The van der Waals surface area contributed by atoms with Gasteiger partial charge in [-0.3, -0.25) is 9.59 Å². The highest BCUT2D eigenvalue weighted by molar-refractivity contribution is 9.10. The number of unbranched alkanes of at least 4 members (excludes halogenated alkanes) is 2. The highest BCUT2D eigenvalue weighted by atomic mass is 79.9. The molecular formula is C23H26BrN3O6. The summed E-state index contributed by atoms with van der Waals surface area (Å²) in [6.07, 6.45) is 4.16. The van der Waals surface area contributed by atoms with Crippen LogP contribution >= 0.6 is 15.9 Å². The van der Waals surface area contributed by atoms with E-state index in [-0.39, 0.29) is 18.6 Å². The van der Waals surface area contributed by atoms with Crippen molar-refractivity contribution in [3.05, 3.63) is 45.9 Å². The van der Waals surface area contributed by atoms with Crippen molar-refractivity contribution >= 4 is 34.0 Å². The maximum atomic E-state index is 12.3. The Labute approximate surface area is 200 Å². The molecular weight excluding hydrogens is 494 g/mol. The molecule has 1 aliphatic rings. The van der Waals surface area contributed by atoms with Crippen molar-refractivity contribution in [2.24, 2.45) is 5.10 Å². The van der Waals surface area contributed by atoms with Gasteiger partial charge >= 0.3 is 0 Å². The van der Waals surface area contributed by atoms with Crippen LogP contribution in [0.15, 0.2) is 39.9 Å². The van der Waals surface area contributed by atoms with E-state index >= 15 is 0 Å². The molecule has 3 rings (SSSR count). The number of nitrogens with one attached hydrogen (secondary N) is 2. The van der Waals surface area contributed by atoms with Crippen LogP contribution in [0.3, 0.4) is 0 Å². The molecule has 1 heterocycles. The second-order valence-electron chi connectivity index (χ2n) is 7.16. The molecule has 0 fully saturated rings. The number of carbonyl (C=O) groups is 2. The first-order valence-electron chi connectivity index (χ1n) is 10.4. The Kier molecular flexibility index (Phi) is 8.94. The molecule has 0 unspecified atom stereocenters. The van der Waals surface area contributed by atoms with Gasteiger partial charge in [-0.1, -0.05) is 6.42 Å². The lowest BCUT2D eigenvalue weighted by atomic mass is 10.1. The van der Waals surface area contributed by atoms with Crippen molar-refractivity contribution in [1.82, 2.24) is 10.7 Å². The molecule has 0 aromatic heterocycles. The van der Waals surface area contributed by atoms with E-state index in [0.717, 1.165) is 22.9 Å². The molecule has 1 aliphatic heterocycles. The molecule has 33 heavy (non-hydrogen) atoms. The summed E-state index contributed by atoms with van der Waals surface area (Å²) < 4.78 is 21.8. The number of hydrogen-bond acceptors (Lipinski definition) is 7. The molecule has 0 spiro atoms. The van der Waals surface area contributed by atoms with Crippen molar-refractivity contribution < 1.29 is 28.5 Å². The number of halogens is 1. The summed E-state index contributed by atoms with van der Waals surface area (Å²) in [5, 5.41) is 6.87. The van der Waals surface area contributed by atoms with Gasteiger partial charge in [0, 0.05) is 28.6 Å². The Morgan fingerprint density at radius 2 is 1.82 bits per heavy atom. The van der Waals surface area contributed by atoms with Gasteiger partial charge in [0.25, 0.3) is 5.91 Å². The monoisotopic (exact) mass is 519 g/mol. The molecule has 0 saturated carbocycles. The summed E-state index contributed by atoms with van der Waals surface area (Å²) in [6.45, 7) is 0.712. The lowest BCUT2D eigenvalue weighted by Gasteiger charge is -2.10. The highest BCUT2D eigenvalue weighted by Gasteiger charge is 2.15. The third kappa shape index (κ3) is 6.85. The predicted molar refractivity (Wildman–Crippen MR) is 126 cm³/mol. The Bertz CT molecular complexity index is 1030. The third-order valence-corrected chi connectivity index (χ3v) is 5.58. The number of ether oxygens (including phenoxy) is 4. The van der Waals surface area contributed by atoms with Crippen LogP contribution in [0.1, 0.15) is 41.6 Å². The van der Waals surface area contributed by atoms with Gasteiger partial charge in [-0.05, 0) is 59.1 Å². The van der Waals surface area contributed by atoms with Crippen LogP contribution in [0.5, 0.6) is 23.0 Å². The van der Waals surface area contributed by atoms with E-state index in [9.17, 15) is 9.59 Å². The fourth-order valence-electron chi connectivity index (χ4n) is 3.13. The zero-order valence-corrected chi connectivity index (χ0v) is 20.1. The number of fused-ring (bicyclic) bond motifs is 1. The van der Waals surface area contributed by atoms with E-state index < -0.39 is 0 Å². The van der Waals surface area contributed by atoms with Crippen molar-refractivity contribution in [2.75, 3.05) is 27.6 Å². The van der Waals surface area contributed by atoms with Gasteiger partial charge in [0.2, 0.25) is 12.7 Å².